The molecular weight excluding hydrogens is 374 g/mol. The Morgan fingerprint density at radius 3 is 1.53 bits per heavy atom. The summed E-state index contributed by atoms with van der Waals surface area (Å²) in [5, 5.41) is 14.2. The van der Waals surface area contributed by atoms with Gasteiger partial charge in [-0.2, -0.15) is 0 Å². The van der Waals surface area contributed by atoms with Crippen molar-refractivity contribution in [2.24, 2.45) is 0 Å². The summed E-state index contributed by atoms with van der Waals surface area (Å²) in [5.74, 6) is -0.755. The summed E-state index contributed by atoms with van der Waals surface area (Å²) < 4.78 is 1.79. The summed E-state index contributed by atoms with van der Waals surface area (Å²) in [4.78, 5) is 16.2. The molecule has 0 aliphatic carbocycles. The van der Waals surface area contributed by atoms with E-state index in [0.29, 0.717) is 5.82 Å². The average molecular weight is 397 g/mol. The number of benzene rings is 3. The van der Waals surface area contributed by atoms with E-state index in [1.165, 1.54) is 0 Å². The Morgan fingerprint density at radius 1 is 0.800 bits per heavy atom. The molecule has 0 saturated heterocycles. The van der Waals surface area contributed by atoms with Gasteiger partial charge in [0.15, 0.2) is 0 Å². The van der Waals surface area contributed by atoms with Gasteiger partial charge in [-0.1, -0.05) is 105 Å². The highest BCUT2D eigenvalue weighted by molar-refractivity contribution is 5.83. The van der Waals surface area contributed by atoms with Crippen LogP contribution in [0, 0.1) is 0 Å². The molecule has 1 N–H and O–H groups in total. The van der Waals surface area contributed by atoms with Crippen molar-refractivity contribution in [2.45, 2.75) is 25.3 Å². The number of rotatable bonds is 6. The van der Waals surface area contributed by atoms with Crippen LogP contribution in [0.1, 0.15) is 52.9 Å². The molecule has 0 saturated carbocycles. The molecule has 1 heterocycles. The fourth-order valence-electron chi connectivity index (χ4n) is 3.94. The first-order chi connectivity index (χ1) is 14.5. The van der Waals surface area contributed by atoms with Crippen molar-refractivity contribution in [2.75, 3.05) is 0 Å². The Bertz CT molecular complexity index is 1040. The molecule has 0 aliphatic heterocycles. The van der Waals surface area contributed by atoms with Crippen LogP contribution in [0.4, 0.5) is 0 Å². The molecule has 150 valence electrons. The topological polar surface area (TPSA) is 68.0 Å². The molecule has 3 aromatic carbocycles. The first-order valence-corrected chi connectivity index (χ1v) is 9.92. The normalized spacial score (nSPS) is 11.6. The predicted octanol–water partition coefficient (Wildman–Crippen LogP) is 4.94. The highest BCUT2D eigenvalue weighted by Crippen LogP contribution is 2.41. The first kappa shape index (κ1) is 19.6. The molecule has 0 bridgehead atoms. The van der Waals surface area contributed by atoms with Gasteiger partial charge in [0.2, 0.25) is 0 Å². The molecule has 5 nitrogen and oxygen atoms in total. The van der Waals surface area contributed by atoms with E-state index in [2.05, 4.69) is 10.1 Å². The minimum absolute atomic E-state index is 0.0267. The quantitative estimate of drug-likeness (QED) is 0.468. The molecule has 4 rings (SSSR count). The summed E-state index contributed by atoms with van der Waals surface area (Å²) >= 11 is 0. The zero-order chi connectivity index (χ0) is 21.1. The summed E-state index contributed by atoms with van der Waals surface area (Å²) in [6.07, 6.45) is 0. The van der Waals surface area contributed by atoms with Crippen molar-refractivity contribution in [3.63, 3.8) is 0 Å². The number of carbonyl (C=O) groups is 1. The van der Waals surface area contributed by atoms with Crippen molar-refractivity contribution in [3.8, 4) is 0 Å². The fourth-order valence-corrected chi connectivity index (χ4v) is 3.94. The van der Waals surface area contributed by atoms with Gasteiger partial charge < -0.3 is 5.11 Å². The number of carboxylic acid groups (broad SMARTS) is 1. The molecule has 30 heavy (non-hydrogen) atoms. The Hall–Kier alpha value is -3.73. The lowest BCUT2D eigenvalue weighted by Gasteiger charge is -2.37. The van der Waals surface area contributed by atoms with Gasteiger partial charge in [0, 0.05) is 5.92 Å². The van der Waals surface area contributed by atoms with Crippen LogP contribution in [-0.2, 0) is 5.54 Å². The minimum atomic E-state index is -1.14. The monoisotopic (exact) mass is 397 g/mol. The smallest absolute Gasteiger partial charge is 0.375 e. The van der Waals surface area contributed by atoms with E-state index in [1.807, 2.05) is 105 Å². The Morgan fingerprint density at radius 2 is 1.20 bits per heavy atom. The zero-order valence-corrected chi connectivity index (χ0v) is 16.9. The third kappa shape index (κ3) is 3.18. The number of aromatic carboxylic acids is 1. The standard InChI is InChI=1S/C25H23N3O2/c1-18(2)23-26-22(24(29)30)27-28(23)25(19-12-6-3-7-13-19,20-14-8-4-9-15-20)21-16-10-5-11-17-21/h3-18H,1-2H3,(H,29,30). The number of nitrogens with zero attached hydrogens (tertiary/aromatic N) is 3. The average Bonchev–Trinajstić information content (AvgIpc) is 3.23. The summed E-state index contributed by atoms with van der Waals surface area (Å²) in [5.41, 5.74) is 2.06. The molecule has 0 atom stereocenters. The van der Waals surface area contributed by atoms with Gasteiger partial charge in [-0.25, -0.2) is 14.5 Å². The number of hydrogen-bond donors (Lipinski definition) is 1. The van der Waals surface area contributed by atoms with Gasteiger partial charge in [0.1, 0.15) is 11.4 Å². The molecule has 0 radical (unpaired) electrons. The van der Waals surface area contributed by atoms with Crippen LogP contribution in [0.15, 0.2) is 91.0 Å². The predicted molar refractivity (Wildman–Crippen MR) is 116 cm³/mol. The molecule has 0 amide bonds. The van der Waals surface area contributed by atoms with E-state index in [4.69, 9.17) is 0 Å². The zero-order valence-electron chi connectivity index (χ0n) is 16.9. The van der Waals surface area contributed by atoms with Crippen molar-refractivity contribution < 1.29 is 9.90 Å². The Balaban J connectivity index is 2.19. The molecule has 0 fully saturated rings. The highest BCUT2D eigenvalue weighted by Gasteiger charge is 2.42. The maximum absolute atomic E-state index is 11.8. The second kappa shape index (κ2) is 7.95. The third-order valence-electron chi connectivity index (χ3n) is 5.23. The Labute approximate surface area is 175 Å². The molecule has 5 heteroatoms. The maximum Gasteiger partial charge on any atom is 0.375 e. The van der Waals surface area contributed by atoms with Gasteiger partial charge in [-0.3, -0.25) is 0 Å². The van der Waals surface area contributed by atoms with E-state index in [9.17, 15) is 9.90 Å². The van der Waals surface area contributed by atoms with E-state index < -0.39 is 11.5 Å². The van der Waals surface area contributed by atoms with Gasteiger partial charge in [0.05, 0.1) is 0 Å². The van der Waals surface area contributed by atoms with Crippen LogP contribution in [-0.4, -0.2) is 25.8 Å². The lowest BCUT2D eigenvalue weighted by Crippen LogP contribution is -2.40. The van der Waals surface area contributed by atoms with Gasteiger partial charge in [-0.05, 0) is 16.7 Å². The maximum atomic E-state index is 11.8. The van der Waals surface area contributed by atoms with Crippen LogP contribution in [0.5, 0.6) is 0 Å². The van der Waals surface area contributed by atoms with Crippen molar-refractivity contribution in [3.05, 3.63) is 119 Å². The number of hydrogen-bond acceptors (Lipinski definition) is 3. The molecular formula is C25H23N3O2. The first-order valence-electron chi connectivity index (χ1n) is 9.92. The van der Waals surface area contributed by atoms with Crippen LogP contribution in [0.25, 0.3) is 0 Å². The largest absolute Gasteiger partial charge is 0.475 e. The molecule has 0 spiro atoms. The second-order valence-electron chi connectivity index (χ2n) is 7.47. The summed E-state index contributed by atoms with van der Waals surface area (Å²) in [6.45, 7) is 4.00. The Kier molecular flexibility index (Phi) is 5.19. The van der Waals surface area contributed by atoms with Crippen LogP contribution >= 0.6 is 0 Å². The summed E-state index contributed by atoms with van der Waals surface area (Å²) in [6, 6.07) is 30.1. The fraction of sp³-hybridized carbons (Fsp3) is 0.160. The van der Waals surface area contributed by atoms with Crippen molar-refractivity contribution >= 4 is 5.97 Å². The molecule has 1 aromatic heterocycles. The minimum Gasteiger partial charge on any atom is -0.475 e. The molecule has 0 unspecified atom stereocenters. The van der Waals surface area contributed by atoms with E-state index in [-0.39, 0.29) is 11.7 Å². The molecule has 4 aromatic rings. The number of carboxylic acids is 1. The third-order valence-corrected chi connectivity index (χ3v) is 5.23. The van der Waals surface area contributed by atoms with E-state index >= 15 is 0 Å². The van der Waals surface area contributed by atoms with Crippen LogP contribution < -0.4 is 0 Å². The van der Waals surface area contributed by atoms with E-state index in [1.54, 1.807) is 4.68 Å². The van der Waals surface area contributed by atoms with Crippen molar-refractivity contribution in [1.82, 2.24) is 14.8 Å². The van der Waals surface area contributed by atoms with Gasteiger partial charge >= 0.3 is 5.97 Å². The number of aromatic nitrogens is 3. The summed E-state index contributed by atoms with van der Waals surface area (Å²) in [7, 11) is 0. The molecule has 0 aliphatic rings. The van der Waals surface area contributed by atoms with Crippen molar-refractivity contribution in [1.29, 1.82) is 0 Å². The lowest BCUT2D eigenvalue weighted by atomic mass is 9.77. The van der Waals surface area contributed by atoms with Gasteiger partial charge in [-0.15, -0.1) is 5.10 Å². The lowest BCUT2D eigenvalue weighted by molar-refractivity contribution is 0.0682. The van der Waals surface area contributed by atoms with E-state index in [0.717, 1.165) is 16.7 Å². The second-order valence-corrected chi connectivity index (χ2v) is 7.47. The van der Waals surface area contributed by atoms with Crippen LogP contribution in [0.3, 0.4) is 0 Å². The SMILES string of the molecule is CC(C)c1nc(C(=O)O)nn1C(c1ccccc1)(c1ccccc1)c1ccccc1. The highest BCUT2D eigenvalue weighted by atomic mass is 16.4. The van der Waals surface area contributed by atoms with Gasteiger partial charge in [0.25, 0.3) is 5.82 Å². The van der Waals surface area contributed by atoms with Crippen LogP contribution in [0.2, 0.25) is 0 Å².